The molecule has 0 unspecified atom stereocenters. The lowest BCUT2D eigenvalue weighted by Crippen LogP contribution is -2.01. The van der Waals surface area contributed by atoms with Crippen LogP contribution >= 0.6 is 0 Å². The van der Waals surface area contributed by atoms with Gasteiger partial charge in [-0.2, -0.15) is 4.98 Å². The van der Waals surface area contributed by atoms with Crippen molar-refractivity contribution in [2.24, 2.45) is 0 Å². The Morgan fingerprint density at radius 3 is 2.72 bits per heavy atom. The zero-order chi connectivity index (χ0) is 17.2. The molecule has 0 amide bonds. The normalized spacial score (nSPS) is 10.7. The number of aromatic nitrogens is 3. The van der Waals surface area contributed by atoms with Crippen LogP contribution in [0.1, 0.15) is 0 Å². The van der Waals surface area contributed by atoms with Crippen molar-refractivity contribution in [3.05, 3.63) is 66.9 Å². The number of nitrogens with two attached hydrogens (primary N) is 1. The van der Waals surface area contributed by atoms with Crippen LogP contribution in [0.25, 0.3) is 22.2 Å². The van der Waals surface area contributed by atoms with E-state index in [1.165, 1.54) is 0 Å². The molecule has 0 spiro atoms. The number of phenolic OH excluding ortho intramolecular Hbond substituents is 1. The number of phenols is 1. The third-order valence-electron chi connectivity index (χ3n) is 3.76. The number of nitrogens with zero attached hydrogens (tertiary/aromatic N) is 3. The quantitative estimate of drug-likeness (QED) is 0.530. The van der Waals surface area contributed by atoms with Gasteiger partial charge >= 0.3 is 0 Å². The van der Waals surface area contributed by atoms with Crippen LogP contribution in [0.2, 0.25) is 0 Å². The van der Waals surface area contributed by atoms with Gasteiger partial charge in [-0.1, -0.05) is 18.2 Å². The second kappa shape index (κ2) is 6.09. The van der Waals surface area contributed by atoms with Gasteiger partial charge in [-0.25, -0.2) is 4.98 Å². The first kappa shape index (κ1) is 14.9. The lowest BCUT2D eigenvalue weighted by molar-refractivity contribution is 0.475. The van der Waals surface area contributed by atoms with Crippen molar-refractivity contribution in [3.8, 4) is 17.0 Å². The van der Waals surface area contributed by atoms with Crippen LogP contribution in [0.4, 0.5) is 17.5 Å². The van der Waals surface area contributed by atoms with Gasteiger partial charge in [0, 0.05) is 28.9 Å². The number of anilines is 3. The highest BCUT2D eigenvalue weighted by atomic mass is 16.3. The zero-order valence-corrected chi connectivity index (χ0v) is 13.2. The summed E-state index contributed by atoms with van der Waals surface area (Å²) in [6.45, 7) is 0. The summed E-state index contributed by atoms with van der Waals surface area (Å²) in [5, 5.41) is 13.9. The van der Waals surface area contributed by atoms with Crippen LogP contribution < -0.4 is 11.1 Å². The monoisotopic (exact) mass is 329 g/mol. The molecule has 6 heteroatoms. The number of fused-ring (bicyclic) bond motifs is 1. The smallest absolute Gasteiger partial charge is 0.222 e. The van der Waals surface area contributed by atoms with Gasteiger partial charge in [0.05, 0.1) is 11.2 Å². The Hall–Kier alpha value is -3.67. The maximum Gasteiger partial charge on any atom is 0.222 e. The largest absolute Gasteiger partial charge is 0.508 e. The number of nitrogens with one attached hydrogen (secondary N) is 1. The number of pyridine rings is 1. The van der Waals surface area contributed by atoms with Gasteiger partial charge in [0.2, 0.25) is 5.95 Å². The number of hydrogen-bond acceptors (Lipinski definition) is 6. The summed E-state index contributed by atoms with van der Waals surface area (Å²) >= 11 is 0. The molecule has 0 aliphatic carbocycles. The lowest BCUT2D eigenvalue weighted by atomic mass is 10.1. The first-order valence-corrected chi connectivity index (χ1v) is 7.73. The standard InChI is InChI=1S/C19H15N5O/c20-19-23-17(13-3-1-5-15(25)10-13)11-18(24-19)22-14-6-7-16-12(9-14)4-2-8-21-16/h1-11,25H,(H3,20,22,23,24). The van der Waals surface area contributed by atoms with E-state index >= 15 is 0 Å². The highest BCUT2D eigenvalue weighted by Gasteiger charge is 2.07. The highest BCUT2D eigenvalue weighted by molar-refractivity contribution is 5.83. The maximum absolute atomic E-state index is 9.65. The van der Waals surface area contributed by atoms with E-state index in [1.54, 1.807) is 30.5 Å². The highest BCUT2D eigenvalue weighted by Crippen LogP contribution is 2.26. The fraction of sp³-hybridized carbons (Fsp3) is 0. The Morgan fingerprint density at radius 1 is 0.920 bits per heavy atom. The molecule has 0 saturated carbocycles. The minimum atomic E-state index is 0.158. The second-order valence-corrected chi connectivity index (χ2v) is 5.58. The van der Waals surface area contributed by atoms with Crippen molar-refractivity contribution >= 4 is 28.4 Å². The van der Waals surface area contributed by atoms with Gasteiger partial charge < -0.3 is 16.2 Å². The third-order valence-corrected chi connectivity index (χ3v) is 3.76. The third kappa shape index (κ3) is 3.18. The molecule has 0 saturated heterocycles. The number of rotatable bonds is 3. The van der Waals surface area contributed by atoms with E-state index < -0.39 is 0 Å². The van der Waals surface area contributed by atoms with Crippen LogP contribution in [0.3, 0.4) is 0 Å². The predicted octanol–water partition coefficient (Wildman–Crippen LogP) is 3.72. The summed E-state index contributed by atoms with van der Waals surface area (Å²) in [6, 6.07) is 18.4. The molecule has 2 aromatic heterocycles. The second-order valence-electron chi connectivity index (χ2n) is 5.58. The van der Waals surface area contributed by atoms with Crippen molar-refractivity contribution in [2.45, 2.75) is 0 Å². The summed E-state index contributed by atoms with van der Waals surface area (Å²) in [7, 11) is 0. The van der Waals surface area contributed by atoms with Crippen LogP contribution in [0.15, 0.2) is 66.9 Å². The average molecular weight is 329 g/mol. The fourth-order valence-electron chi connectivity index (χ4n) is 2.64. The summed E-state index contributed by atoms with van der Waals surface area (Å²) in [5.41, 5.74) is 9.04. The van der Waals surface area contributed by atoms with Crippen LogP contribution in [0.5, 0.6) is 5.75 Å². The summed E-state index contributed by atoms with van der Waals surface area (Å²) in [4.78, 5) is 12.8. The van der Waals surface area contributed by atoms with Gasteiger partial charge in [0.15, 0.2) is 0 Å². The Morgan fingerprint density at radius 2 is 1.84 bits per heavy atom. The minimum Gasteiger partial charge on any atom is -0.508 e. The van der Waals surface area contributed by atoms with Gasteiger partial charge in [-0.3, -0.25) is 4.98 Å². The number of hydrogen-bond donors (Lipinski definition) is 3. The van der Waals surface area contributed by atoms with E-state index in [4.69, 9.17) is 5.73 Å². The molecule has 4 N–H and O–H groups in total. The predicted molar refractivity (Wildman–Crippen MR) is 98.6 cm³/mol. The van der Waals surface area contributed by atoms with Crippen LogP contribution in [-0.4, -0.2) is 20.1 Å². The van der Waals surface area contributed by atoms with Crippen LogP contribution in [-0.2, 0) is 0 Å². The van der Waals surface area contributed by atoms with Gasteiger partial charge in [-0.15, -0.1) is 0 Å². The molecule has 0 aliphatic rings. The molecule has 4 aromatic rings. The molecule has 2 heterocycles. The van der Waals surface area contributed by atoms with Crippen molar-refractivity contribution in [2.75, 3.05) is 11.1 Å². The van der Waals surface area contributed by atoms with E-state index in [2.05, 4.69) is 20.3 Å². The molecule has 0 radical (unpaired) electrons. The average Bonchev–Trinajstić information content (AvgIpc) is 2.61. The summed E-state index contributed by atoms with van der Waals surface area (Å²) in [6.07, 6.45) is 1.77. The summed E-state index contributed by atoms with van der Waals surface area (Å²) < 4.78 is 0. The van der Waals surface area contributed by atoms with Gasteiger partial charge in [0.25, 0.3) is 0 Å². The van der Waals surface area contributed by atoms with Gasteiger partial charge in [-0.05, 0) is 36.4 Å². The summed E-state index contributed by atoms with van der Waals surface area (Å²) in [5.74, 6) is 0.908. The Labute approximate surface area is 144 Å². The van der Waals surface area contributed by atoms with Crippen molar-refractivity contribution in [1.82, 2.24) is 15.0 Å². The first-order chi connectivity index (χ1) is 12.2. The fourth-order valence-corrected chi connectivity index (χ4v) is 2.64. The lowest BCUT2D eigenvalue weighted by Gasteiger charge is -2.09. The molecule has 0 bridgehead atoms. The van der Waals surface area contributed by atoms with Crippen molar-refractivity contribution in [1.29, 1.82) is 0 Å². The SMILES string of the molecule is Nc1nc(Nc2ccc3ncccc3c2)cc(-c2cccc(O)c2)n1. The van der Waals surface area contributed by atoms with Gasteiger partial charge in [0.1, 0.15) is 11.6 Å². The molecule has 0 atom stereocenters. The van der Waals surface area contributed by atoms with E-state index in [-0.39, 0.29) is 11.7 Å². The van der Waals surface area contributed by atoms with Crippen LogP contribution in [0, 0.1) is 0 Å². The maximum atomic E-state index is 9.65. The van der Waals surface area contributed by atoms with E-state index in [9.17, 15) is 5.11 Å². The van der Waals surface area contributed by atoms with E-state index in [1.807, 2.05) is 36.4 Å². The van der Waals surface area contributed by atoms with E-state index in [0.717, 1.165) is 22.2 Å². The number of aromatic hydroxyl groups is 1. The Kier molecular flexibility index (Phi) is 3.63. The molecule has 0 fully saturated rings. The number of nitrogen functional groups attached to an aromatic ring is 1. The number of benzene rings is 2. The van der Waals surface area contributed by atoms with E-state index in [0.29, 0.717) is 11.5 Å². The molecular formula is C19H15N5O. The molecule has 2 aromatic carbocycles. The van der Waals surface area contributed by atoms with Crippen molar-refractivity contribution in [3.63, 3.8) is 0 Å². The molecule has 122 valence electrons. The molecule has 25 heavy (non-hydrogen) atoms. The topological polar surface area (TPSA) is 97.0 Å². The first-order valence-electron chi connectivity index (χ1n) is 7.73. The molecule has 6 nitrogen and oxygen atoms in total. The minimum absolute atomic E-state index is 0.158. The zero-order valence-electron chi connectivity index (χ0n) is 13.2. The molecular weight excluding hydrogens is 314 g/mol. The Balaban J connectivity index is 1.70. The molecule has 0 aliphatic heterocycles. The molecule has 4 rings (SSSR count). The Bertz CT molecular complexity index is 1060. The van der Waals surface area contributed by atoms with Crippen molar-refractivity contribution < 1.29 is 5.11 Å².